The summed E-state index contributed by atoms with van der Waals surface area (Å²) in [6, 6.07) is 22.0. The minimum Gasteiger partial charge on any atom is -0.465 e. The van der Waals surface area contributed by atoms with Gasteiger partial charge in [0.1, 0.15) is 0 Å². The van der Waals surface area contributed by atoms with Crippen molar-refractivity contribution in [3.05, 3.63) is 83.6 Å². The summed E-state index contributed by atoms with van der Waals surface area (Å²) >= 11 is 0. The normalized spacial score (nSPS) is 18.3. The Kier molecular flexibility index (Phi) is 11.4. The van der Waals surface area contributed by atoms with Gasteiger partial charge < -0.3 is 9.64 Å². The first-order valence-electron chi connectivity index (χ1n) is 18.4. The van der Waals surface area contributed by atoms with Crippen molar-refractivity contribution in [2.75, 3.05) is 24.6 Å². The van der Waals surface area contributed by atoms with E-state index in [1.807, 2.05) is 0 Å². The van der Waals surface area contributed by atoms with Gasteiger partial charge in [-0.2, -0.15) is 4.58 Å². The van der Waals surface area contributed by atoms with Crippen LogP contribution >= 0.6 is 0 Å². The number of anilines is 1. The van der Waals surface area contributed by atoms with Crippen LogP contribution in [0.15, 0.2) is 72.4 Å². The monoisotopic (exact) mass is 651 g/mol. The van der Waals surface area contributed by atoms with Crippen LogP contribution in [0, 0.1) is 10.8 Å². The summed E-state index contributed by atoms with van der Waals surface area (Å²) in [4.78, 5) is 15.4. The van der Waals surface area contributed by atoms with Crippen molar-refractivity contribution in [3.8, 4) is 0 Å². The molecular weight excluding hydrogens is 588 g/mol. The fraction of sp³-hybridized carbons (Fsp3) is 0.545. The molecule has 4 heteroatoms. The second-order valence-corrected chi connectivity index (χ2v) is 16.2. The van der Waals surface area contributed by atoms with Crippen molar-refractivity contribution < 1.29 is 14.1 Å². The molecule has 2 heterocycles. The van der Waals surface area contributed by atoms with Gasteiger partial charge in [0.25, 0.3) is 0 Å². The summed E-state index contributed by atoms with van der Waals surface area (Å²) in [6.45, 7) is 29.0. The maximum atomic E-state index is 12.8. The number of rotatable bonds is 10. The lowest BCUT2D eigenvalue weighted by Gasteiger charge is -2.39. The predicted octanol–water partition coefficient (Wildman–Crippen LogP) is 11.5. The van der Waals surface area contributed by atoms with Gasteiger partial charge >= 0.3 is 5.97 Å². The van der Waals surface area contributed by atoms with Crippen LogP contribution in [0.2, 0.25) is 0 Å². The van der Waals surface area contributed by atoms with E-state index in [1.165, 1.54) is 57.5 Å². The van der Waals surface area contributed by atoms with Gasteiger partial charge in [-0.3, -0.25) is 4.79 Å². The molecule has 4 nitrogen and oxygen atoms in total. The summed E-state index contributed by atoms with van der Waals surface area (Å²) in [6.07, 6.45) is 7.44. The summed E-state index contributed by atoms with van der Waals surface area (Å²) in [7, 11) is 0. The zero-order valence-electron chi connectivity index (χ0n) is 32.2. The average molecular weight is 652 g/mol. The Morgan fingerprint density at radius 3 is 2.19 bits per heavy atom. The molecule has 2 aliphatic rings. The first-order chi connectivity index (χ1) is 22.6. The van der Waals surface area contributed by atoms with Crippen LogP contribution in [0.1, 0.15) is 126 Å². The fourth-order valence-corrected chi connectivity index (χ4v) is 7.88. The minimum atomic E-state index is -0.438. The highest BCUT2D eigenvalue weighted by Gasteiger charge is 2.45. The molecule has 0 aliphatic carbocycles. The number of ether oxygens (including phenoxy) is 1. The molecule has 1 atom stereocenters. The number of nitrogens with zero attached hydrogens (tertiary/aromatic N) is 2. The first kappa shape index (κ1) is 37.4. The molecule has 2 aliphatic heterocycles. The number of esters is 1. The Bertz CT molecular complexity index is 1670. The van der Waals surface area contributed by atoms with Crippen molar-refractivity contribution in [2.24, 2.45) is 10.8 Å². The zero-order valence-corrected chi connectivity index (χ0v) is 32.2. The summed E-state index contributed by atoms with van der Waals surface area (Å²) in [5, 5.41) is 2.75. The standard InChI is InChI=1S/C24H38NO2.C20H25N/c1-9-15-24(8,22(3,4)5)21(26)27-17-12-16-25-18(2)23(6,7)19-13-10-11-14-20(19)25;1-5-7-14-21-17-13-12-15-10-8-9-11-16(15)19(17)20(3,4)18(21)6-2/h10-11,13-14H,9,12,15-17H2,1-8H3;6,8-13H,5,7,14H2,1-4H3/q+1;. The van der Waals surface area contributed by atoms with Crippen LogP contribution in [0.5, 0.6) is 0 Å². The first-order valence-corrected chi connectivity index (χ1v) is 18.4. The lowest BCUT2D eigenvalue weighted by Crippen LogP contribution is -2.41. The highest BCUT2D eigenvalue weighted by Crippen LogP contribution is 2.50. The highest BCUT2D eigenvalue weighted by molar-refractivity contribution is 5.95. The summed E-state index contributed by atoms with van der Waals surface area (Å²) in [5.74, 6) is -0.0558. The van der Waals surface area contributed by atoms with Gasteiger partial charge in [0, 0.05) is 48.3 Å². The number of hydrogen-bond donors (Lipinski definition) is 0. The molecule has 0 radical (unpaired) electrons. The molecule has 0 bridgehead atoms. The second kappa shape index (κ2) is 14.6. The lowest BCUT2D eigenvalue weighted by molar-refractivity contribution is -0.440. The van der Waals surface area contributed by atoms with E-state index in [0.717, 1.165) is 32.4 Å². The number of carbonyl (C=O) groups excluding carboxylic acids is 1. The number of allylic oxidation sites excluding steroid dienone is 2. The topological polar surface area (TPSA) is 32.6 Å². The molecule has 0 aromatic heterocycles. The number of carbonyl (C=O) groups is 1. The van der Waals surface area contributed by atoms with Gasteiger partial charge in [0.05, 0.1) is 17.4 Å². The van der Waals surface area contributed by atoms with Crippen molar-refractivity contribution >= 4 is 33.8 Å². The third-order valence-corrected chi connectivity index (χ3v) is 11.6. The van der Waals surface area contributed by atoms with Gasteiger partial charge in [-0.05, 0) is 68.4 Å². The van der Waals surface area contributed by atoms with Crippen molar-refractivity contribution in [1.82, 2.24) is 0 Å². The number of unbranched alkanes of at least 4 members (excludes halogenated alkanes) is 1. The van der Waals surface area contributed by atoms with Crippen molar-refractivity contribution in [3.63, 3.8) is 0 Å². The average Bonchev–Trinajstić information content (AvgIpc) is 3.39. The van der Waals surface area contributed by atoms with E-state index in [4.69, 9.17) is 4.74 Å². The van der Waals surface area contributed by atoms with E-state index in [2.05, 4.69) is 159 Å². The van der Waals surface area contributed by atoms with Crippen LogP contribution < -0.4 is 4.90 Å². The van der Waals surface area contributed by atoms with Crippen molar-refractivity contribution in [1.29, 1.82) is 0 Å². The maximum Gasteiger partial charge on any atom is 0.312 e. The zero-order chi connectivity index (χ0) is 35.5. The molecule has 0 saturated heterocycles. The van der Waals surface area contributed by atoms with Gasteiger partial charge in [-0.15, -0.1) is 0 Å². The number of hydrogen-bond acceptors (Lipinski definition) is 3. The molecule has 1 unspecified atom stereocenters. The number of benzene rings is 3. The SMILES string of the molecule is CC=C1N(CCCC)c2ccc3ccccc3c2C1(C)C.CCCC(C)(C(=O)OCCC[N+]1=C(C)C(C)(C)c2ccccc21)C(C)(C)C. The molecule has 0 N–H and O–H groups in total. The third-order valence-electron chi connectivity index (χ3n) is 11.6. The smallest absolute Gasteiger partial charge is 0.312 e. The third kappa shape index (κ3) is 6.87. The van der Waals surface area contributed by atoms with Crippen LogP contribution in [0.3, 0.4) is 0 Å². The quantitative estimate of drug-likeness (QED) is 0.124. The van der Waals surface area contributed by atoms with Gasteiger partial charge in [-0.25, -0.2) is 0 Å². The molecule has 260 valence electrons. The van der Waals surface area contributed by atoms with E-state index < -0.39 is 5.41 Å². The Balaban J connectivity index is 0.000000223. The molecule has 0 spiro atoms. The Morgan fingerprint density at radius 2 is 1.54 bits per heavy atom. The van der Waals surface area contributed by atoms with Gasteiger partial charge in [0.15, 0.2) is 12.3 Å². The summed E-state index contributed by atoms with van der Waals surface area (Å²) < 4.78 is 8.13. The van der Waals surface area contributed by atoms with Gasteiger partial charge in [0.2, 0.25) is 5.69 Å². The fourth-order valence-electron chi connectivity index (χ4n) is 7.88. The predicted molar refractivity (Wildman–Crippen MR) is 206 cm³/mol. The van der Waals surface area contributed by atoms with Crippen LogP contribution in [0.25, 0.3) is 10.8 Å². The molecule has 3 aromatic carbocycles. The lowest BCUT2D eigenvalue weighted by atomic mass is 9.65. The van der Waals surface area contributed by atoms with E-state index in [1.54, 1.807) is 0 Å². The van der Waals surface area contributed by atoms with Crippen LogP contribution in [0.4, 0.5) is 11.4 Å². The number of fused-ring (bicyclic) bond motifs is 4. The molecule has 0 saturated carbocycles. The molecule has 5 rings (SSSR count). The Hall–Kier alpha value is -3.40. The summed E-state index contributed by atoms with van der Waals surface area (Å²) in [5.41, 5.74) is 7.96. The molecule has 0 amide bonds. The van der Waals surface area contributed by atoms with E-state index in [9.17, 15) is 4.79 Å². The molecular formula is C44H63N2O2+. The van der Waals surface area contributed by atoms with E-state index >= 15 is 0 Å². The van der Waals surface area contributed by atoms with Crippen LogP contribution in [-0.4, -0.2) is 36.0 Å². The molecule has 0 fully saturated rings. The molecule has 3 aromatic rings. The number of para-hydroxylation sites is 1. The van der Waals surface area contributed by atoms with Crippen LogP contribution in [-0.2, 0) is 20.4 Å². The maximum absolute atomic E-state index is 12.8. The Morgan fingerprint density at radius 1 is 0.875 bits per heavy atom. The second-order valence-electron chi connectivity index (χ2n) is 16.2. The minimum absolute atomic E-state index is 0.0548. The van der Waals surface area contributed by atoms with Crippen molar-refractivity contribution in [2.45, 2.75) is 126 Å². The van der Waals surface area contributed by atoms with E-state index in [-0.39, 0.29) is 22.2 Å². The largest absolute Gasteiger partial charge is 0.465 e. The Labute approximate surface area is 292 Å². The highest BCUT2D eigenvalue weighted by atomic mass is 16.5. The molecule has 48 heavy (non-hydrogen) atoms. The van der Waals surface area contributed by atoms with E-state index in [0.29, 0.717) is 6.61 Å². The van der Waals surface area contributed by atoms with Gasteiger partial charge in [-0.1, -0.05) is 116 Å².